The standard InChI is InChI=1S/C15H21NO3/c1-4-19-14-8-6-13(7-9-14)11-16(3)15(18)10-5-12(2)17/h6-9H,4-5,10-11H2,1-3H3. The van der Waals surface area contributed by atoms with E-state index < -0.39 is 0 Å². The van der Waals surface area contributed by atoms with Gasteiger partial charge in [-0.3, -0.25) is 4.79 Å². The maximum atomic E-state index is 11.8. The van der Waals surface area contributed by atoms with Crippen molar-refractivity contribution in [2.45, 2.75) is 33.2 Å². The first kappa shape index (κ1) is 15.2. The summed E-state index contributed by atoms with van der Waals surface area (Å²) in [5.74, 6) is 0.865. The highest BCUT2D eigenvalue weighted by Crippen LogP contribution is 2.13. The Morgan fingerprint density at radius 1 is 1.16 bits per heavy atom. The molecular weight excluding hydrogens is 242 g/mol. The molecule has 4 heteroatoms. The van der Waals surface area contributed by atoms with Crippen molar-refractivity contribution >= 4 is 11.7 Å². The van der Waals surface area contributed by atoms with Crippen molar-refractivity contribution in [1.82, 2.24) is 4.90 Å². The smallest absolute Gasteiger partial charge is 0.223 e. The number of nitrogens with zero attached hydrogens (tertiary/aromatic N) is 1. The third kappa shape index (κ3) is 5.55. The largest absolute Gasteiger partial charge is 0.494 e. The molecule has 0 radical (unpaired) electrons. The van der Waals surface area contributed by atoms with Gasteiger partial charge < -0.3 is 14.4 Å². The van der Waals surface area contributed by atoms with Crippen molar-refractivity contribution in [2.75, 3.05) is 13.7 Å². The first-order valence-corrected chi connectivity index (χ1v) is 6.48. The van der Waals surface area contributed by atoms with Gasteiger partial charge in [0, 0.05) is 26.4 Å². The molecule has 1 aromatic rings. The summed E-state index contributed by atoms with van der Waals surface area (Å²) in [6.07, 6.45) is 0.593. The second-order valence-electron chi connectivity index (χ2n) is 4.53. The SMILES string of the molecule is CCOc1ccc(CN(C)C(=O)CCC(C)=O)cc1. The van der Waals surface area contributed by atoms with Crippen LogP contribution in [0.25, 0.3) is 0 Å². The third-order valence-electron chi connectivity index (χ3n) is 2.77. The molecule has 19 heavy (non-hydrogen) atoms. The molecule has 0 atom stereocenters. The lowest BCUT2D eigenvalue weighted by molar-refractivity contribution is -0.132. The molecule has 0 aliphatic carbocycles. The van der Waals surface area contributed by atoms with Crippen LogP contribution in [0.2, 0.25) is 0 Å². The summed E-state index contributed by atoms with van der Waals surface area (Å²) < 4.78 is 5.36. The summed E-state index contributed by atoms with van der Waals surface area (Å²) in [7, 11) is 1.75. The van der Waals surface area contributed by atoms with Crippen molar-refractivity contribution in [3.8, 4) is 5.75 Å². The fourth-order valence-corrected chi connectivity index (χ4v) is 1.69. The Morgan fingerprint density at radius 3 is 2.32 bits per heavy atom. The summed E-state index contributed by atoms with van der Waals surface area (Å²) in [4.78, 5) is 24.3. The molecule has 0 aliphatic rings. The fourth-order valence-electron chi connectivity index (χ4n) is 1.69. The van der Waals surface area contributed by atoms with Gasteiger partial charge in [0.15, 0.2) is 0 Å². The van der Waals surface area contributed by atoms with E-state index in [4.69, 9.17) is 4.74 Å². The number of ether oxygens (including phenoxy) is 1. The summed E-state index contributed by atoms with van der Waals surface area (Å²) in [6, 6.07) is 7.68. The van der Waals surface area contributed by atoms with E-state index >= 15 is 0 Å². The van der Waals surface area contributed by atoms with Crippen LogP contribution in [0.3, 0.4) is 0 Å². The molecule has 0 unspecified atom stereocenters. The maximum absolute atomic E-state index is 11.8. The minimum atomic E-state index is -0.0101. The molecule has 0 spiro atoms. The number of carbonyl (C=O) groups is 2. The predicted molar refractivity (Wildman–Crippen MR) is 74.0 cm³/mol. The minimum absolute atomic E-state index is 0.0101. The van der Waals surface area contributed by atoms with Gasteiger partial charge in [-0.05, 0) is 31.5 Å². The van der Waals surface area contributed by atoms with Crippen LogP contribution in [-0.2, 0) is 16.1 Å². The molecule has 1 aromatic carbocycles. The Bertz CT molecular complexity index is 426. The van der Waals surface area contributed by atoms with Crippen molar-refractivity contribution in [3.05, 3.63) is 29.8 Å². The van der Waals surface area contributed by atoms with Gasteiger partial charge in [-0.1, -0.05) is 12.1 Å². The van der Waals surface area contributed by atoms with Crippen LogP contribution in [0.5, 0.6) is 5.75 Å². The Kier molecular flexibility index (Phi) is 6.06. The average Bonchev–Trinajstić information content (AvgIpc) is 2.38. The molecular formula is C15H21NO3. The van der Waals surface area contributed by atoms with Gasteiger partial charge in [-0.2, -0.15) is 0 Å². The van der Waals surface area contributed by atoms with Crippen LogP contribution in [-0.4, -0.2) is 30.2 Å². The molecule has 0 saturated carbocycles. The molecule has 0 heterocycles. The molecule has 1 amide bonds. The first-order chi connectivity index (χ1) is 9.02. The van der Waals surface area contributed by atoms with Gasteiger partial charge in [0.25, 0.3) is 0 Å². The van der Waals surface area contributed by atoms with E-state index in [1.807, 2.05) is 31.2 Å². The molecule has 4 nitrogen and oxygen atoms in total. The highest BCUT2D eigenvalue weighted by atomic mass is 16.5. The Morgan fingerprint density at radius 2 is 1.79 bits per heavy atom. The zero-order chi connectivity index (χ0) is 14.3. The molecule has 1 rings (SSSR count). The average molecular weight is 263 g/mol. The van der Waals surface area contributed by atoms with E-state index in [9.17, 15) is 9.59 Å². The Hall–Kier alpha value is -1.84. The number of ketones is 1. The van der Waals surface area contributed by atoms with Gasteiger partial charge in [0.2, 0.25) is 5.91 Å². The molecule has 0 aliphatic heterocycles. The lowest BCUT2D eigenvalue weighted by Gasteiger charge is -2.17. The van der Waals surface area contributed by atoms with Crippen LogP contribution in [0.4, 0.5) is 0 Å². The molecule has 104 valence electrons. The summed E-state index contributed by atoms with van der Waals surface area (Å²) in [5, 5.41) is 0. The van der Waals surface area contributed by atoms with Crippen LogP contribution in [0, 0.1) is 0 Å². The van der Waals surface area contributed by atoms with Gasteiger partial charge in [0.1, 0.15) is 11.5 Å². The molecule has 0 N–H and O–H groups in total. The lowest BCUT2D eigenvalue weighted by atomic mass is 10.2. The number of hydrogen-bond acceptors (Lipinski definition) is 3. The molecule has 0 bridgehead atoms. The van der Waals surface area contributed by atoms with E-state index in [-0.39, 0.29) is 18.1 Å². The van der Waals surface area contributed by atoms with Crippen molar-refractivity contribution in [3.63, 3.8) is 0 Å². The summed E-state index contributed by atoms with van der Waals surface area (Å²) >= 11 is 0. The van der Waals surface area contributed by atoms with E-state index in [0.29, 0.717) is 19.6 Å². The van der Waals surface area contributed by atoms with E-state index in [1.165, 1.54) is 6.92 Å². The monoisotopic (exact) mass is 263 g/mol. The van der Waals surface area contributed by atoms with Crippen LogP contribution >= 0.6 is 0 Å². The number of rotatable bonds is 7. The zero-order valence-electron chi connectivity index (χ0n) is 11.8. The summed E-state index contributed by atoms with van der Waals surface area (Å²) in [5.41, 5.74) is 1.04. The quantitative estimate of drug-likeness (QED) is 0.759. The number of amides is 1. The van der Waals surface area contributed by atoms with Crippen molar-refractivity contribution in [1.29, 1.82) is 0 Å². The normalized spacial score (nSPS) is 10.1. The predicted octanol–water partition coefficient (Wildman–Crippen LogP) is 2.41. The van der Waals surface area contributed by atoms with Crippen molar-refractivity contribution < 1.29 is 14.3 Å². The van der Waals surface area contributed by atoms with Crippen molar-refractivity contribution in [2.24, 2.45) is 0 Å². The zero-order valence-corrected chi connectivity index (χ0v) is 11.8. The van der Waals surface area contributed by atoms with E-state index in [0.717, 1.165) is 11.3 Å². The Balaban J connectivity index is 2.49. The van der Waals surface area contributed by atoms with E-state index in [2.05, 4.69) is 0 Å². The number of Topliss-reactive ketones (excluding diaryl/α,β-unsaturated/α-hetero) is 1. The highest BCUT2D eigenvalue weighted by molar-refractivity contribution is 5.83. The van der Waals surface area contributed by atoms with Gasteiger partial charge >= 0.3 is 0 Å². The van der Waals surface area contributed by atoms with E-state index in [1.54, 1.807) is 11.9 Å². The highest BCUT2D eigenvalue weighted by Gasteiger charge is 2.10. The van der Waals surface area contributed by atoms with Gasteiger partial charge in [-0.15, -0.1) is 0 Å². The third-order valence-corrected chi connectivity index (χ3v) is 2.77. The molecule has 0 fully saturated rings. The molecule has 0 aromatic heterocycles. The minimum Gasteiger partial charge on any atom is -0.494 e. The number of benzene rings is 1. The lowest BCUT2D eigenvalue weighted by Crippen LogP contribution is -2.26. The van der Waals surface area contributed by atoms with Gasteiger partial charge in [-0.25, -0.2) is 0 Å². The first-order valence-electron chi connectivity index (χ1n) is 6.48. The fraction of sp³-hybridized carbons (Fsp3) is 0.467. The molecule has 0 saturated heterocycles. The van der Waals surface area contributed by atoms with Crippen LogP contribution in [0.1, 0.15) is 32.3 Å². The van der Waals surface area contributed by atoms with Crippen LogP contribution < -0.4 is 4.74 Å². The topological polar surface area (TPSA) is 46.6 Å². The summed E-state index contributed by atoms with van der Waals surface area (Å²) in [6.45, 7) is 4.63. The van der Waals surface area contributed by atoms with Gasteiger partial charge in [0.05, 0.1) is 6.61 Å². The second-order valence-corrected chi connectivity index (χ2v) is 4.53. The van der Waals surface area contributed by atoms with Crippen LogP contribution in [0.15, 0.2) is 24.3 Å². The number of hydrogen-bond donors (Lipinski definition) is 0. The Labute approximate surface area is 114 Å². The maximum Gasteiger partial charge on any atom is 0.223 e. The number of carbonyl (C=O) groups excluding carboxylic acids is 2. The second kappa shape index (κ2) is 7.56.